The number of Topliss-reactive ketones (excluding diaryl/α,β-unsaturated/α-hetero) is 1. The van der Waals surface area contributed by atoms with Crippen molar-refractivity contribution in [3.05, 3.63) is 34.9 Å². The van der Waals surface area contributed by atoms with E-state index in [1.54, 1.807) is 6.92 Å². The van der Waals surface area contributed by atoms with Crippen molar-refractivity contribution in [3.63, 3.8) is 0 Å². The van der Waals surface area contributed by atoms with E-state index in [9.17, 15) is 9.59 Å². The summed E-state index contributed by atoms with van der Waals surface area (Å²) < 4.78 is 5.14. The lowest BCUT2D eigenvalue weighted by Crippen LogP contribution is -2.21. The molecular formula is C23H38O3. The average Bonchev–Trinajstić information content (AvgIpc) is 2.53. The Kier molecular flexibility index (Phi) is 12.7. The van der Waals surface area contributed by atoms with Gasteiger partial charge in [0.1, 0.15) is 5.78 Å². The van der Waals surface area contributed by atoms with E-state index in [1.165, 1.54) is 11.1 Å². The van der Waals surface area contributed by atoms with Crippen LogP contribution < -0.4 is 0 Å². The lowest BCUT2D eigenvalue weighted by atomic mass is 9.94. The van der Waals surface area contributed by atoms with Crippen LogP contribution in [0.3, 0.4) is 0 Å². The molecule has 26 heavy (non-hydrogen) atoms. The summed E-state index contributed by atoms with van der Waals surface area (Å²) in [5.74, 6) is -0.726. The van der Waals surface area contributed by atoms with Crippen molar-refractivity contribution in [2.75, 3.05) is 6.61 Å². The summed E-state index contributed by atoms with van der Waals surface area (Å²) in [6, 6.07) is 0. The SMILES string of the molecule is CCOC(=O)C(C=C(C)CCC=C(C)CCC=C(C)C)CC(=O)C(C)C. The summed E-state index contributed by atoms with van der Waals surface area (Å²) in [6.45, 7) is 14.3. The normalized spacial score (nSPS) is 13.5. The van der Waals surface area contributed by atoms with Gasteiger partial charge in [-0.15, -0.1) is 0 Å². The molecule has 0 rings (SSSR count). The second-order valence-corrected chi connectivity index (χ2v) is 7.61. The third-order valence-electron chi connectivity index (χ3n) is 4.26. The molecule has 0 saturated carbocycles. The number of rotatable bonds is 12. The summed E-state index contributed by atoms with van der Waals surface area (Å²) in [7, 11) is 0. The molecule has 3 heteroatoms. The lowest BCUT2D eigenvalue weighted by Gasteiger charge is -2.14. The Morgan fingerprint density at radius 2 is 1.50 bits per heavy atom. The first-order chi connectivity index (χ1) is 12.2. The van der Waals surface area contributed by atoms with Crippen LogP contribution in [0.15, 0.2) is 34.9 Å². The molecule has 0 aliphatic heterocycles. The minimum atomic E-state index is -0.465. The van der Waals surface area contributed by atoms with Gasteiger partial charge in [-0.1, -0.05) is 48.8 Å². The Bertz CT molecular complexity index is 532. The Labute approximate surface area is 160 Å². The maximum Gasteiger partial charge on any atom is 0.313 e. The molecule has 0 N–H and O–H groups in total. The van der Waals surface area contributed by atoms with Gasteiger partial charge in [0.25, 0.3) is 0 Å². The van der Waals surface area contributed by atoms with E-state index >= 15 is 0 Å². The largest absolute Gasteiger partial charge is 0.466 e. The molecule has 0 fully saturated rings. The Balaban J connectivity index is 4.73. The van der Waals surface area contributed by atoms with E-state index in [0.717, 1.165) is 31.3 Å². The lowest BCUT2D eigenvalue weighted by molar-refractivity contribution is -0.148. The molecule has 0 aromatic rings. The van der Waals surface area contributed by atoms with Crippen LogP contribution >= 0.6 is 0 Å². The fourth-order valence-corrected chi connectivity index (χ4v) is 2.58. The third-order valence-corrected chi connectivity index (χ3v) is 4.26. The third kappa shape index (κ3) is 11.8. The van der Waals surface area contributed by atoms with Crippen LogP contribution in [-0.4, -0.2) is 18.4 Å². The van der Waals surface area contributed by atoms with Crippen LogP contribution in [0.25, 0.3) is 0 Å². The van der Waals surface area contributed by atoms with Crippen molar-refractivity contribution in [2.24, 2.45) is 11.8 Å². The molecule has 0 aromatic heterocycles. The topological polar surface area (TPSA) is 43.4 Å². The summed E-state index contributed by atoms with van der Waals surface area (Å²) in [5, 5.41) is 0. The van der Waals surface area contributed by atoms with Gasteiger partial charge in [0.2, 0.25) is 0 Å². The average molecular weight is 363 g/mol. The fraction of sp³-hybridized carbons (Fsp3) is 0.652. The van der Waals surface area contributed by atoms with Crippen molar-refractivity contribution in [1.82, 2.24) is 0 Å². The summed E-state index contributed by atoms with van der Waals surface area (Å²) in [6.07, 6.45) is 10.7. The first-order valence-corrected chi connectivity index (χ1v) is 9.82. The minimum absolute atomic E-state index is 0.0629. The number of carbonyl (C=O) groups excluding carboxylic acids is 2. The van der Waals surface area contributed by atoms with Crippen LogP contribution in [0.1, 0.15) is 80.6 Å². The Hall–Kier alpha value is -1.64. The monoisotopic (exact) mass is 362 g/mol. The number of esters is 1. The van der Waals surface area contributed by atoms with Gasteiger partial charge in [-0.05, 0) is 60.3 Å². The Morgan fingerprint density at radius 1 is 0.923 bits per heavy atom. The Morgan fingerprint density at radius 3 is 2.04 bits per heavy atom. The molecule has 1 atom stereocenters. The van der Waals surface area contributed by atoms with E-state index in [1.807, 2.05) is 26.8 Å². The van der Waals surface area contributed by atoms with E-state index in [0.29, 0.717) is 6.61 Å². The standard InChI is InChI=1S/C23H38O3/c1-8-26-23(25)21(16-22(24)18(4)5)15-20(7)14-10-13-19(6)12-9-11-17(2)3/h11,13,15,18,21H,8-10,12,14,16H2,1-7H3. The van der Waals surface area contributed by atoms with Crippen molar-refractivity contribution >= 4 is 11.8 Å². The van der Waals surface area contributed by atoms with Crippen LogP contribution in [0.5, 0.6) is 0 Å². The molecule has 3 nitrogen and oxygen atoms in total. The van der Waals surface area contributed by atoms with Crippen LogP contribution in [0, 0.1) is 11.8 Å². The van der Waals surface area contributed by atoms with Gasteiger partial charge in [-0.25, -0.2) is 0 Å². The van der Waals surface area contributed by atoms with E-state index in [2.05, 4.69) is 32.9 Å². The highest BCUT2D eigenvalue weighted by molar-refractivity contribution is 5.86. The maximum absolute atomic E-state index is 12.2. The quantitative estimate of drug-likeness (QED) is 0.306. The molecule has 1 unspecified atom stereocenters. The van der Waals surface area contributed by atoms with Crippen LogP contribution in [0.2, 0.25) is 0 Å². The zero-order chi connectivity index (χ0) is 20.1. The molecule has 0 amide bonds. The van der Waals surface area contributed by atoms with Crippen molar-refractivity contribution < 1.29 is 14.3 Å². The number of hydrogen-bond donors (Lipinski definition) is 0. The summed E-state index contributed by atoms with van der Waals surface area (Å²) in [4.78, 5) is 24.2. The summed E-state index contributed by atoms with van der Waals surface area (Å²) >= 11 is 0. The predicted molar refractivity (Wildman–Crippen MR) is 110 cm³/mol. The molecule has 0 radical (unpaired) electrons. The van der Waals surface area contributed by atoms with E-state index < -0.39 is 5.92 Å². The molecule has 0 bridgehead atoms. The zero-order valence-corrected chi connectivity index (χ0v) is 17.9. The van der Waals surface area contributed by atoms with Gasteiger partial charge in [0.15, 0.2) is 0 Å². The van der Waals surface area contributed by atoms with Gasteiger partial charge in [0, 0.05) is 12.3 Å². The van der Waals surface area contributed by atoms with Gasteiger partial charge in [-0.3, -0.25) is 9.59 Å². The molecule has 0 aliphatic rings. The highest BCUT2D eigenvalue weighted by Crippen LogP contribution is 2.18. The number of ketones is 1. The molecular weight excluding hydrogens is 324 g/mol. The second kappa shape index (κ2) is 13.5. The van der Waals surface area contributed by atoms with Crippen molar-refractivity contribution in [2.45, 2.75) is 80.6 Å². The molecule has 148 valence electrons. The predicted octanol–water partition coefficient (Wildman–Crippen LogP) is 6.20. The minimum Gasteiger partial charge on any atom is -0.466 e. The smallest absolute Gasteiger partial charge is 0.313 e. The van der Waals surface area contributed by atoms with Gasteiger partial charge in [-0.2, -0.15) is 0 Å². The summed E-state index contributed by atoms with van der Waals surface area (Å²) in [5.41, 5.74) is 3.89. The van der Waals surface area contributed by atoms with Crippen molar-refractivity contribution in [3.8, 4) is 0 Å². The molecule has 0 aromatic carbocycles. The number of carbonyl (C=O) groups is 2. The molecule has 0 saturated heterocycles. The van der Waals surface area contributed by atoms with Gasteiger partial charge < -0.3 is 4.74 Å². The first kappa shape index (κ1) is 24.4. The van der Waals surface area contributed by atoms with Crippen LogP contribution in [0.4, 0.5) is 0 Å². The van der Waals surface area contributed by atoms with Gasteiger partial charge in [0.05, 0.1) is 12.5 Å². The number of allylic oxidation sites excluding steroid dienone is 5. The van der Waals surface area contributed by atoms with E-state index in [-0.39, 0.29) is 24.1 Å². The molecule has 0 spiro atoms. The number of ether oxygens (including phenoxy) is 1. The first-order valence-electron chi connectivity index (χ1n) is 9.82. The van der Waals surface area contributed by atoms with Crippen LogP contribution in [-0.2, 0) is 14.3 Å². The highest BCUT2D eigenvalue weighted by atomic mass is 16.5. The molecule has 0 heterocycles. The maximum atomic E-state index is 12.2. The fourth-order valence-electron chi connectivity index (χ4n) is 2.58. The van der Waals surface area contributed by atoms with E-state index in [4.69, 9.17) is 4.74 Å². The van der Waals surface area contributed by atoms with Gasteiger partial charge >= 0.3 is 5.97 Å². The van der Waals surface area contributed by atoms with Crippen molar-refractivity contribution in [1.29, 1.82) is 0 Å². The molecule has 0 aliphatic carbocycles. The number of hydrogen-bond acceptors (Lipinski definition) is 3. The highest BCUT2D eigenvalue weighted by Gasteiger charge is 2.22. The second-order valence-electron chi connectivity index (χ2n) is 7.61. The zero-order valence-electron chi connectivity index (χ0n) is 17.9.